The number of carbonyl (C=O) groups is 2. The summed E-state index contributed by atoms with van der Waals surface area (Å²) in [5.74, 6) is -0.876. The van der Waals surface area contributed by atoms with Gasteiger partial charge in [0.25, 0.3) is 0 Å². The quantitative estimate of drug-likeness (QED) is 0.252. The van der Waals surface area contributed by atoms with Gasteiger partial charge >= 0.3 is 226 Å². The van der Waals surface area contributed by atoms with Crippen LogP contribution < -0.4 is 0 Å². The molecule has 0 aromatic heterocycles. The van der Waals surface area contributed by atoms with E-state index in [1.165, 1.54) is 0 Å². The minimum atomic E-state index is -4.40. The van der Waals surface area contributed by atoms with E-state index >= 15 is 0 Å². The van der Waals surface area contributed by atoms with Crippen molar-refractivity contribution in [2.24, 2.45) is 0 Å². The normalized spacial score (nSPS) is 17.2. The van der Waals surface area contributed by atoms with Gasteiger partial charge in [-0.2, -0.15) is 0 Å². The van der Waals surface area contributed by atoms with E-state index in [0.29, 0.717) is 24.0 Å². The zero-order chi connectivity index (χ0) is 25.7. The molecule has 4 aromatic rings. The van der Waals surface area contributed by atoms with Crippen molar-refractivity contribution in [1.29, 1.82) is 0 Å². The molecule has 4 nitrogen and oxygen atoms in total. The fourth-order valence-corrected chi connectivity index (χ4v) is 11.6. The van der Waals surface area contributed by atoms with E-state index in [4.69, 9.17) is 6.64 Å². The zero-order valence-corrected chi connectivity index (χ0v) is 22.2. The molecule has 7 rings (SSSR count). The summed E-state index contributed by atoms with van der Waals surface area (Å²) in [5.41, 5.74) is 3.21. The summed E-state index contributed by atoms with van der Waals surface area (Å²) in [5, 5.41) is 3.58. The zero-order valence-electron chi connectivity index (χ0n) is 20.6. The summed E-state index contributed by atoms with van der Waals surface area (Å²) in [4.78, 5) is 28.0. The van der Waals surface area contributed by atoms with Crippen LogP contribution in [0, 0.1) is 0 Å². The molecule has 4 aromatic carbocycles. The number of hydrogen-bond donors (Lipinski definition) is 0. The molecule has 1 aliphatic heterocycles. The van der Waals surface area contributed by atoms with Gasteiger partial charge in [0.05, 0.1) is 0 Å². The van der Waals surface area contributed by atoms with Crippen LogP contribution in [0.5, 0.6) is 0 Å². The summed E-state index contributed by atoms with van der Waals surface area (Å²) < 4.78 is 15.2. The SMILES string of the molecule is O=C([O][Ti]1([O]C(=O)c2cccc3ccccc23)[C]2=C(C=CC2)CC2=[C]1CC=C2)c1cccc2ccccc12. The summed E-state index contributed by atoms with van der Waals surface area (Å²) in [7, 11) is 0. The minimum absolute atomic E-state index is 0.438. The molecule has 38 heavy (non-hydrogen) atoms. The molecule has 3 aliphatic rings. The van der Waals surface area contributed by atoms with Gasteiger partial charge in [-0.15, -0.1) is 0 Å². The fraction of sp³-hybridized carbons (Fsp3) is 0.0909. The standard InChI is InChI=1S/2C11H8O2.C11H10.Ti/c2*12-11(13)10-7-3-5-8-4-1-2-6-9(8)10;1-2-6-10(5-1)9-11-7-3-4-8-11;/h2*1-7H,(H,12,13);1,3,5,7H,2,4,9H2;/q;;;+2/p-2. The summed E-state index contributed by atoms with van der Waals surface area (Å²) in [6.45, 7) is 0. The molecule has 0 spiro atoms. The van der Waals surface area contributed by atoms with Gasteiger partial charge < -0.3 is 0 Å². The van der Waals surface area contributed by atoms with Gasteiger partial charge in [-0.05, 0) is 0 Å². The van der Waals surface area contributed by atoms with E-state index in [9.17, 15) is 9.59 Å². The molecule has 0 saturated heterocycles. The number of carbonyl (C=O) groups excluding carboxylic acids is 2. The molecular formula is C33H24O4Ti. The van der Waals surface area contributed by atoms with Crippen LogP contribution in [0.25, 0.3) is 21.5 Å². The van der Waals surface area contributed by atoms with Crippen molar-refractivity contribution in [1.82, 2.24) is 0 Å². The van der Waals surface area contributed by atoms with Crippen LogP contribution in [-0.4, -0.2) is 11.9 Å². The number of fused-ring (bicyclic) bond motifs is 2. The number of hydrogen-bond acceptors (Lipinski definition) is 4. The van der Waals surface area contributed by atoms with Crippen molar-refractivity contribution in [3.63, 3.8) is 0 Å². The molecule has 0 N–H and O–H groups in total. The van der Waals surface area contributed by atoms with Crippen LogP contribution in [0.4, 0.5) is 0 Å². The molecule has 0 saturated carbocycles. The van der Waals surface area contributed by atoms with E-state index < -0.39 is 29.3 Å². The topological polar surface area (TPSA) is 52.6 Å². The third kappa shape index (κ3) is 3.64. The first kappa shape index (κ1) is 23.2. The third-order valence-electron chi connectivity index (χ3n) is 7.72. The Morgan fingerprint density at radius 3 is 1.53 bits per heavy atom. The van der Waals surface area contributed by atoms with Crippen LogP contribution in [0.3, 0.4) is 0 Å². The van der Waals surface area contributed by atoms with Gasteiger partial charge in [-0.3, -0.25) is 0 Å². The molecule has 0 atom stereocenters. The number of allylic oxidation sites excluding steroid dienone is 8. The van der Waals surface area contributed by atoms with Gasteiger partial charge in [-0.1, -0.05) is 0 Å². The Balaban J connectivity index is 1.36. The van der Waals surface area contributed by atoms with Crippen LogP contribution in [-0.2, 0) is 24.0 Å². The summed E-state index contributed by atoms with van der Waals surface area (Å²) in [6, 6.07) is 26.8. The average Bonchev–Trinajstić information content (AvgIpc) is 3.63. The van der Waals surface area contributed by atoms with E-state index in [0.717, 1.165) is 46.9 Å². The van der Waals surface area contributed by atoms with Gasteiger partial charge in [-0.25, -0.2) is 0 Å². The van der Waals surface area contributed by atoms with Crippen molar-refractivity contribution >= 4 is 33.5 Å². The van der Waals surface area contributed by atoms with E-state index in [2.05, 4.69) is 24.3 Å². The molecule has 0 bridgehead atoms. The second-order valence-electron chi connectivity index (χ2n) is 9.85. The third-order valence-corrected chi connectivity index (χ3v) is 13.3. The molecule has 0 fully saturated rings. The molecule has 184 valence electrons. The fourth-order valence-electron chi connectivity index (χ4n) is 5.96. The molecule has 2 aliphatic carbocycles. The summed E-state index contributed by atoms with van der Waals surface area (Å²) >= 11 is -4.40. The van der Waals surface area contributed by atoms with E-state index in [-0.39, 0.29) is 0 Å². The first-order valence-corrected chi connectivity index (χ1v) is 15.7. The predicted octanol–water partition coefficient (Wildman–Crippen LogP) is 7.82. The van der Waals surface area contributed by atoms with Crippen molar-refractivity contribution < 1.29 is 33.6 Å². The van der Waals surface area contributed by atoms with Crippen LogP contribution in [0.1, 0.15) is 40.0 Å². The van der Waals surface area contributed by atoms with Crippen LogP contribution >= 0.6 is 0 Å². The average molecular weight is 532 g/mol. The predicted molar refractivity (Wildman–Crippen MR) is 145 cm³/mol. The first-order chi connectivity index (χ1) is 18.6. The molecule has 0 unspecified atom stereocenters. The van der Waals surface area contributed by atoms with Crippen molar-refractivity contribution in [3.05, 3.63) is 139 Å². The molecule has 0 amide bonds. The van der Waals surface area contributed by atoms with Crippen molar-refractivity contribution in [3.8, 4) is 0 Å². The molecular weight excluding hydrogens is 508 g/mol. The second-order valence-corrected chi connectivity index (χ2v) is 14.3. The van der Waals surface area contributed by atoms with Crippen molar-refractivity contribution in [2.75, 3.05) is 0 Å². The van der Waals surface area contributed by atoms with Gasteiger partial charge in [0, 0.05) is 0 Å². The number of benzene rings is 4. The molecule has 1 heterocycles. The maximum absolute atomic E-state index is 14.0. The van der Waals surface area contributed by atoms with Crippen LogP contribution in [0.2, 0.25) is 0 Å². The molecule has 5 heteroatoms. The Kier molecular flexibility index (Phi) is 5.54. The van der Waals surface area contributed by atoms with Crippen LogP contribution in [0.15, 0.2) is 128 Å². The summed E-state index contributed by atoms with van der Waals surface area (Å²) in [6.07, 6.45) is 10.4. The Morgan fingerprint density at radius 2 is 1.03 bits per heavy atom. The van der Waals surface area contributed by atoms with E-state index in [1.54, 1.807) is 12.1 Å². The maximum atomic E-state index is 14.0. The monoisotopic (exact) mass is 532 g/mol. The Bertz CT molecular complexity index is 1650. The van der Waals surface area contributed by atoms with Crippen molar-refractivity contribution in [2.45, 2.75) is 19.3 Å². The van der Waals surface area contributed by atoms with E-state index in [1.807, 2.05) is 72.8 Å². The first-order valence-electron chi connectivity index (χ1n) is 12.8. The van der Waals surface area contributed by atoms with Gasteiger partial charge in [0.15, 0.2) is 0 Å². The second kappa shape index (κ2) is 9.09. The Hall–Kier alpha value is -3.99. The Labute approximate surface area is 224 Å². The number of rotatable bonds is 4. The van der Waals surface area contributed by atoms with Gasteiger partial charge in [0.1, 0.15) is 0 Å². The Morgan fingerprint density at radius 1 is 0.579 bits per heavy atom. The molecule has 0 radical (unpaired) electrons. The van der Waals surface area contributed by atoms with Gasteiger partial charge in [0.2, 0.25) is 0 Å².